The summed E-state index contributed by atoms with van der Waals surface area (Å²) in [6, 6.07) is 17.1. The number of benzene rings is 2. The smallest absolute Gasteiger partial charge is 0.0486 e. The van der Waals surface area contributed by atoms with Crippen LogP contribution >= 0.6 is 0 Å². The molecule has 1 heterocycles. The van der Waals surface area contributed by atoms with Gasteiger partial charge in [0.25, 0.3) is 0 Å². The Morgan fingerprint density at radius 3 is 2.47 bits per heavy atom. The molecule has 0 saturated carbocycles. The van der Waals surface area contributed by atoms with Crippen molar-refractivity contribution in [3.63, 3.8) is 0 Å². The molecule has 0 atom stereocenters. The van der Waals surface area contributed by atoms with E-state index in [-0.39, 0.29) is 0 Å². The predicted octanol–water partition coefficient (Wildman–Crippen LogP) is 3.46. The number of aryl methyl sites for hydroxylation is 1. The van der Waals surface area contributed by atoms with Crippen LogP contribution in [0.4, 0.5) is 0 Å². The molecule has 2 aromatic carbocycles. The van der Waals surface area contributed by atoms with E-state index in [2.05, 4.69) is 66.2 Å². The van der Waals surface area contributed by atoms with Gasteiger partial charge >= 0.3 is 0 Å². The van der Waals surface area contributed by atoms with Crippen LogP contribution in [0, 0.1) is 6.92 Å². The van der Waals surface area contributed by atoms with Crippen molar-refractivity contribution < 1.29 is 0 Å². The van der Waals surface area contributed by atoms with E-state index in [9.17, 15) is 0 Å². The van der Waals surface area contributed by atoms with Crippen LogP contribution in [-0.4, -0.2) is 4.57 Å². The van der Waals surface area contributed by atoms with Gasteiger partial charge in [0.1, 0.15) is 0 Å². The van der Waals surface area contributed by atoms with Gasteiger partial charge in [-0.15, -0.1) is 0 Å². The maximum absolute atomic E-state index is 5.83. The van der Waals surface area contributed by atoms with Crippen LogP contribution < -0.4 is 5.73 Å². The summed E-state index contributed by atoms with van der Waals surface area (Å²) in [4.78, 5) is 0. The lowest BCUT2D eigenvalue weighted by atomic mass is 10.1. The Hall–Kier alpha value is -2.06. The lowest BCUT2D eigenvalue weighted by Gasteiger charge is -2.06. The fraction of sp³-hybridized carbons (Fsp3) is 0.176. The first-order valence-electron chi connectivity index (χ1n) is 6.60. The molecule has 2 N–H and O–H groups in total. The van der Waals surface area contributed by atoms with Crippen molar-refractivity contribution in [1.29, 1.82) is 0 Å². The number of aromatic nitrogens is 1. The van der Waals surface area contributed by atoms with E-state index < -0.39 is 0 Å². The molecule has 0 spiro atoms. The van der Waals surface area contributed by atoms with Gasteiger partial charge in [0.2, 0.25) is 0 Å². The van der Waals surface area contributed by atoms with Gasteiger partial charge in [-0.3, -0.25) is 0 Å². The molecule has 0 unspecified atom stereocenters. The topological polar surface area (TPSA) is 30.9 Å². The average Bonchev–Trinajstić information content (AvgIpc) is 2.80. The van der Waals surface area contributed by atoms with Gasteiger partial charge in [0, 0.05) is 30.2 Å². The zero-order valence-corrected chi connectivity index (χ0v) is 11.1. The fourth-order valence-corrected chi connectivity index (χ4v) is 2.51. The molecule has 0 fully saturated rings. The maximum Gasteiger partial charge on any atom is 0.0486 e. The van der Waals surface area contributed by atoms with E-state index in [4.69, 9.17) is 5.73 Å². The molecule has 0 bridgehead atoms. The zero-order valence-electron chi connectivity index (χ0n) is 11.1. The molecular formula is C17H18N2. The Morgan fingerprint density at radius 1 is 1.00 bits per heavy atom. The fourth-order valence-electron chi connectivity index (χ4n) is 2.51. The highest BCUT2D eigenvalue weighted by Crippen LogP contribution is 2.22. The number of rotatable bonds is 3. The van der Waals surface area contributed by atoms with Gasteiger partial charge in [-0.25, -0.2) is 0 Å². The zero-order chi connectivity index (χ0) is 13.2. The third-order valence-electron chi connectivity index (χ3n) is 3.56. The van der Waals surface area contributed by atoms with E-state index >= 15 is 0 Å². The van der Waals surface area contributed by atoms with E-state index in [1.165, 1.54) is 27.6 Å². The number of nitrogens with two attached hydrogens (primary N) is 1. The second-order valence-corrected chi connectivity index (χ2v) is 4.99. The molecule has 2 heteroatoms. The third kappa shape index (κ3) is 2.27. The quantitative estimate of drug-likeness (QED) is 0.758. The molecule has 2 nitrogen and oxygen atoms in total. The number of hydrogen-bond acceptors (Lipinski definition) is 1. The van der Waals surface area contributed by atoms with Crippen LogP contribution in [-0.2, 0) is 13.1 Å². The lowest BCUT2D eigenvalue weighted by molar-refractivity contribution is 0.829. The summed E-state index contributed by atoms with van der Waals surface area (Å²) in [6.07, 6.45) is 2.17. The van der Waals surface area contributed by atoms with Gasteiger partial charge in [-0.2, -0.15) is 0 Å². The summed E-state index contributed by atoms with van der Waals surface area (Å²) in [5, 5.41) is 1.26. The Labute approximate surface area is 113 Å². The van der Waals surface area contributed by atoms with Crippen molar-refractivity contribution in [2.75, 3.05) is 0 Å². The monoisotopic (exact) mass is 250 g/mol. The molecule has 1 aromatic heterocycles. The summed E-state index contributed by atoms with van der Waals surface area (Å²) in [5.74, 6) is 0. The van der Waals surface area contributed by atoms with Crippen molar-refractivity contribution in [2.24, 2.45) is 5.73 Å². The SMILES string of the molecule is Cc1ccc(Cn2cc(CN)c3ccccc32)cc1. The highest BCUT2D eigenvalue weighted by atomic mass is 15.0. The molecule has 3 aromatic rings. The third-order valence-corrected chi connectivity index (χ3v) is 3.56. The first-order valence-corrected chi connectivity index (χ1v) is 6.60. The number of fused-ring (bicyclic) bond motifs is 1. The average molecular weight is 250 g/mol. The molecule has 0 saturated heterocycles. The van der Waals surface area contributed by atoms with E-state index in [0.717, 1.165) is 6.54 Å². The summed E-state index contributed by atoms with van der Waals surface area (Å²) in [6.45, 7) is 3.59. The molecule has 3 rings (SSSR count). The predicted molar refractivity (Wildman–Crippen MR) is 80.1 cm³/mol. The number of nitrogens with zero attached hydrogens (tertiary/aromatic N) is 1. The molecule has 0 aliphatic carbocycles. The normalized spacial score (nSPS) is 11.1. The minimum Gasteiger partial charge on any atom is -0.343 e. The summed E-state index contributed by atoms with van der Waals surface area (Å²) in [7, 11) is 0. The Balaban J connectivity index is 2.03. The van der Waals surface area contributed by atoms with Crippen LogP contribution in [0.1, 0.15) is 16.7 Å². The van der Waals surface area contributed by atoms with Crippen molar-refractivity contribution >= 4 is 10.9 Å². The van der Waals surface area contributed by atoms with Gasteiger partial charge in [-0.05, 0) is 24.1 Å². The van der Waals surface area contributed by atoms with Crippen LogP contribution in [0.5, 0.6) is 0 Å². The molecule has 0 radical (unpaired) electrons. The van der Waals surface area contributed by atoms with E-state index in [1.807, 2.05) is 0 Å². The lowest BCUT2D eigenvalue weighted by Crippen LogP contribution is -1.98. The second-order valence-electron chi connectivity index (χ2n) is 4.99. The molecule has 0 amide bonds. The van der Waals surface area contributed by atoms with Crippen molar-refractivity contribution in [3.05, 3.63) is 71.4 Å². The Morgan fingerprint density at radius 2 is 1.74 bits per heavy atom. The first-order chi connectivity index (χ1) is 9.28. The highest BCUT2D eigenvalue weighted by molar-refractivity contribution is 5.84. The van der Waals surface area contributed by atoms with Crippen LogP contribution in [0.25, 0.3) is 10.9 Å². The maximum atomic E-state index is 5.83. The Kier molecular flexibility index (Phi) is 3.10. The van der Waals surface area contributed by atoms with Crippen LogP contribution in [0.3, 0.4) is 0 Å². The second kappa shape index (κ2) is 4.90. The van der Waals surface area contributed by atoms with Gasteiger partial charge in [0.05, 0.1) is 0 Å². The minimum absolute atomic E-state index is 0.585. The first kappa shape index (κ1) is 12.0. The minimum atomic E-state index is 0.585. The van der Waals surface area contributed by atoms with Crippen molar-refractivity contribution in [3.8, 4) is 0 Å². The molecular weight excluding hydrogens is 232 g/mol. The van der Waals surface area contributed by atoms with Crippen molar-refractivity contribution in [1.82, 2.24) is 4.57 Å². The standard InChI is InChI=1S/C17H18N2/c1-13-6-8-14(9-7-13)11-19-12-15(10-18)16-4-2-3-5-17(16)19/h2-9,12H,10-11,18H2,1H3. The van der Waals surface area contributed by atoms with Crippen molar-refractivity contribution in [2.45, 2.75) is 20.0 Å². The number of hydrogen-bond donors (Lipinski definition) is 1. The van der Waals surface area contributed by atoms with Gasteiger partial charge in [-0.1, -0.05) is 48.0 Å². The molecule has 0 aliphatic heterocycles. The van der Waals surface area contributed by atoms with Crippen LogP contribution in [0.2, 0.25) is 0 Å². The summed E-state index contributed by atoms with van der Waals surface area (Å²) in [5.41, 5.74) is 10.9. The molecule has 19 heavy (non-hydrogen) atoms. The van der Waals surface area contributed by atoms with Crippen LogP contribution in [0.15, 0.2) is 54.7 Å². The highest BCUT2D eigenvalue weighted by Gasteiger charge is 2.06. The van der Waals surface area contributed by atoms with Gasteiger partial charge in [0.15, 0.2) is 0 Å². The number of para-hydroxylation sites is 1. The summed E-state index contributed by atoms with van der Waals surface area (Å²) >= 11 is 0. The largest absolute Gasteiger partial charge is 0.343 e. The van der Waals surface area contributed by atoms with E-state index in [0.29, 0.717) is 6.54 Å². The van der Waals surface area contributed by atoms with E-state index in [1.54, 1.807) is 0 Å². The Bertz CT molecular complexity index is 693. The van der Waals surface area contributed by atoms with Gasteiger partial charge < -0.3 is 10.3 Å². The summed E-state index contributed by atoms with van der Waals surface area (Å²) < 4.78 is 2.28. The molecule has 0 aliphatic rings. The molecule has 96 valence electrons.